The second-order valence-electron chi connectivity index (χ2n) is 10.1. The van der Waals surface area contributed by atoms with Gasteiger partial charge in [0.2, 0.25) is 5.91 Å². The molecule has 3 nitrogen and oxygen atoms in total. The van der Waals surface area contributed by atoms with Gasteiger partial charge in [0, 0.05) is 44.6 Å². The summed E-state index contributed by atoms with van der Waals surface area (Å²) in [4.78, 5) is 17.0. The van der Waals surface area contributed by atoms with Crippen LogP contribution >= 0.6 is 0 Å². The van der Waals surface area contributed by atoms with Gasteiger partial charge in [-0.15, -0.1) is 0 Å². The third-order valence-electron chi connectivity index (χ3n) is 6.33. The van der Waals surface area contributed by atoms with Gasteiger partial charge in [-0.25, -0.2) is 4.39 Å². The number of rotatable bonds is 8. The summed E-state index contributed by atoms with van der Waals surface area (Å²) >= 11 is 0. The normalized spacial score (nSPS) is 19.2. The van der Waals surface area contributed by atoms with Gasteiger partial charge in [-0.3, -0.25) is 9.69 Å². The first-order chi connectivity index (χ1) is 15.9. The standard InChI is InChI=1S/C27H34F4N2O/c1-18(2)13-33(26(34)19(3)4)16-22-15-32(17-25(22)21-6-5-7-24(28)12-21)14-20-8-10-23(11-9-20)27(29,30)31/h5-12,18-19,22,25H,13-17H2,1-4H3/t22-,25+/m0/s1. The Morgan fingerprint density at radius 3 is 2.29 bits per heavy atom. The number of likely N-dealkylation sites (tertiary alicyclic amines) is 1. The number of benzene rings is 2. The average Bonchev–Trinajstić information content (AvgIpc) is 3.14. The zero-order chi connectivity index (χ0) is 25.0. The van der Waals surface area contributed by atoms with Crippen LogP contribution in [0.1, 0.15) is 50.3 Å². The van der Waals surface area contributed by atoms with E-state index in [2.05, 4.69) is 18.7 Å². The minimum absolute atomic E-state index is 0.0276. The first-order valence-corrected chi connectivity index (χ1v) is 11.9. The lowest BCUT2D eigenvalue weighted by molar-refractivity contribution is -0.137. The van der Waals surface area contributed by atoms with Crippen LogP contribution in [0, 0.1) is 23.6 Å². The van der Waals surface area contributed by atoms with Crippen LogP contribution in [0.2, 0.25) is 0 Å². The maximum Gasteiger partial charge on any atom is 0.416 e. The number of halogens is 4. The Morgan fingerprint density at radius 1 is 1.06 bits per heavy atom. The van der Waals surface area contributed by atoms with Crippen LogP contribution in [0.25, 0.3) is 0 Å². The van der Waals surface area contributed by atoms with E-state index in [9.17, 15) is 22.4 Å². The molecule has 186 valence electrons. The quantitative estimate of drug-likeness (QED) is 0.422. The highest BCUT2D eigenvalue weighted by Gasteiger charge is 2.36. The summed E-state index contributed by atoms with van der Waals surface area (Å²) in [5, 5.41) is 0. The van der Waals surface area contributed by atoms with Gasteiger partial charge in [0.1, 0.15) is 5.82 Å². The number of hydrogen-bond acceptors (Lipinski definition) is 2. The Morgan fingerprint density at radius 2 is 1.74 bits per heavy atom. The molecule has 1 aliphatic heterocycles. The Labute approximate surface area is 199 Å². The molecule has 0 aromatic heterocycles. The van der Waals surface area contributed by atoms with E-state index in [1.807, 2.05) is 24.8 Å². The van der Waals surface area contributed by atoms with Crippen LogP contribution in [-0.4, -0.2) is 41.9 Å². The lowest BCUT2D eigenvalue weighted by Crippen LogP contribution is -2.41. The third kappa shape index (κ3) is 6.81. The summed E-state index contributed by atoms with van der Waals surface area (Å²) in [6, 6.07) is 11.8. The van der Waals surface area contributed by atoms with E-state index < -0.39 is 11.7 Å². The number of alkyl halides is 3. The summed E-state index contributed by atoms with van der Waals surface area (Å²) in [7, 11) is 0. The molecule has 34 heavy (non-hydrogen) atoms. The predicted molar refractivity (Wildman–Crippen MR) is 126 cm³/mol. The first kappa shape index (κ1) is 26.2. The summed E-state index contributed by atoms with van der Waals surface area (Å²) in [6.07, 6.45) is -4.36. The van der Waals surface area contributed by atoms with Gasteiger partial charge in [0.15, 0.2) is 0 Å². The molecule has 0 unspecified atom stereocenters. The largest absolute Gasteiger partial charge is 0.416 e. The van der Waals surface area contributed by atoms with Gasteiger partial charge in [-0.05, 0) is 47.2 Å². The first-order valence-electron chi connectivity index (χ1n) is 11.9. The molecule has 1 fully saturated rings. The summed E-state index contributed by atoms with van der Waals surface area (Å²) in [6.45, 7) is 11.0. The highest BCUT2D eigenvalue weighted by molar-refractivity contribution is 5.78. The van der Waals surface area contributed by atoms with E-state index in [0.29, 0.717) is 38.6 Å². The molecule has 1 aliphatic rings. The highest BCUT2D eigenvalue weighted by atomic mass is 19.4. The van der Waals surface area contributed by atoms with Gasteiger partial charge in [0.25, 0.3) is 0 Å². The molecule has 0 aliphatic carbocycles. The Hall–Kier alpha value is -2.41. The maximum absolute atomic E-state index is 14.0. The van der Waals surface area contributed by atoms with E-state index in [4.69, 9.17) is 0 Å². The average molecular weight is 479 g/mol. The van der Waals surface area contributed by atoms with Crippen molar-refractivity contribution in [2.75, 3.05) is 26.2 Å². The number of carbonyl (C=O) groups excluding carboxylic acids is 1. The van der Waals surface area contributed by atoms with Crippen molar-refractivity contribution in [2.45, 2.75) is 46.3 Å². The molecule has 1 heterocycles. The van der Waals surface area contributed by atoms with Crippen molar-refractivity contribution in [3.63, 3.8) is 0 Å². The predicted octanol–water partition coefficient (Wildman–Crippen LogP) is 6.20. The van der Waals surface area contributed by atoms with Gasteiger partial charge in [-0.1, -0.05) is 52.0 Å². The fraction of sp³-hybridized carbons (Fsp3) is 0.519. The number of carbonyl (C=O) groups is 1. The molecule has 2 aromatic carbocycles. The number of nitrogens with zero attached hydrogens (tertiary/aromatic N) is 2. The summed E-state index contributed by atoms with van der Waals surface area (Å²) in [5.41, 5.74) is 1.02. The number of amides is 1. The Kier molecular flexibility index (Phi) is 8.39. The van der Waals surface area contributed by atoms with E-state index in [0.717, 1.165) is 23.3 Å². The molecule has 2 aromatic rings. The van der Waals surface area contributed by atoms with Crippen LogP contribution in [0.4, 0.5) is 17.6 Å². The highest BCUT2D eigenvalue weighted by Crippen LogP contribution is 2.35. The van der Waals surface area contributed by atoms with Gasteiger partial charge in [-0.2, -0.15) is 13.2 Å². The van der Waals surface area contributed by atoms with Crippen LogP contribution in [0.5, 0.6) is 0 Å². The summed E-state index contributed by atoms with van der Waals surface area (Å²) in [5.74, 6) is 0.135. The van der Waals surface area contributed by atoms with Crippen molar-refractivity contribution in [2.24, 2.45) is 17.8 Å². The molecule has 0 radical (unpaired) electrons. The van der Waals surface area contributed by atoms with Gasteiger partial charge >= 0.3 is 6.18 Å². The molecule has 0 saturated carbocycles. The van der Waals surface area contributed by atoms with Crippen molar-refractivity contribution in [3.8, 4) is 0 Å². The van der Waals surface area contributed by atoms with Gasteiger partial charge in [0.05, 0.1) is 5.56 Å². The molecular formula is C27H34F4N2O. The maximum atomic E-state index is 14.0. The molecule has 1 amide bonds. The summed E-state index contributed by atoms with van der Waals surface area (Å²) < 4.78 is 52.7. The van der Waals surface area contributed by atoms with Crippen LogP contribution in [0.3, 0.4) is 0 Å². The second-order valence-corrected chi connectivity index (χ2v) is 10.1. The topological polar surface area (TPSA) is 23.6 Å². The molecule has 0 N–H and O–H groups in total. The van der Waals surface area contributed by atoms with Crippen molar-refractivity contribution in [1.82, 2.24) is 9.80 Å². The van der Waals surface area contributed by atoms with E-state index in [1.165, 1.54) is 18.2 Å². The van der Waals surface area contributed by atoms with Crippen LogP contribution in [-0.2, 0) is 17.5 Å². The molecule has 0 spiro atoms. The lowest BCUT2D eigenvalue weighted by atomic mass is 9.88. The molecule has 0 bridgehead atoms. The third-order valence-corrected chi connectivity index (χ3v) is 6.33. The van der Waals surface area contributed by atoms with E-state index in [1.54, 1.807) is 12.1 Å². The lowest BCUT2D eigenvalue weighted by Gasteiger charge is -2.31. The van der Waals surface area contributed by atoms with Crippen LogP contribution in [0.15, 0.2) is 48.5 Å². The second kappa shape index (κ2) is 10.9. The minimum Gasteiger partial charge on any atom is -0.342 e. The van der Waals surface area contributed by atoms with Crippen LogP contribution < -0.4 is 0 Å². The van der Waals surface area contributed by atoms with Gasteiger partial charge < -0.3 is 4.90 Å². The zero-order valence-electron chi connectivity index (χ0n) is 20.3. The smallest absolute Gasteiger partial charge is 0.342 e. The van der Waals surface area contributed by atoms with Crippen molar-refractivity contribution < 1.29 is 22.4 Å². The Bertz CT molecular complexity index is 956. The molecule has 2 atom stereocenters. The van der Waals surface area contributed by atoms with Crippen molar-refractivity contribution in [1.29, 1.82) is 0 Å². The number of hydrogen-bond donors (Lipinski definition) is 0. The fourth-order valence-electron chi connectivity index (χ4n) is 4.79. The van der Waals surface area contributed by atoms with Crippen molar-refractivity contribution >= 4 is 5.91 Å². The van der Waals surface area contributed by atoms with E-state index in [-0.39, 0.29) is 29.5 Å². The molecular weight excluding hydrogens is 444 g/mol. The van der Waals surface area contributed by atoms with Crippen molar-refractivity contribution in [3.05, 3.63) is 71.0 Å². The zero-order valence-corrected chi connectivity index (χ0v) is 20.3. The molecule has 3 rings (SSSR count). The fourth-order valence-corrected chi connectivity index (χ4v) is 4.79. The molecule has 1 saturated heterocycles. The monoisotopic (exact) mass is 478 g/mol. The Balaban J connectivity index is 1.81. The SMILES string of the molecule is CC(C)CN(C[C@@H]1CN(Cc2ccc(C(F)(F)F)cc2)C[C@@H]1c1cccc(F)c1)C(=O)C(C)C. The van der Waals surface area contributed by atoms with E-state index >= 15 is 0 Å². The minimum atomic E-state index is -4.36. The molecule has 7 heteroatoms.